The summed E-state index contributed by atoms with van der Waals surface area (Å²) in [5.41, 5.74) is 8.10. The molecule has 6 nitrogen and oxygen atoms in total. The van der Waals surface area contributed by atoms with Crippen LogP contribution in [0.2, 0.25) is 0 Å². The van der Waals surface area contributed by atoms with Crippen molar-refractivity contribution in [3.63, 3.8) is 0 Å². The number of likely N-dealkylation sites (tertiary alicyclic amines) is 1. The molecule has 2 aromatic heterocycles. The normalized spacial score (nSPS) is 26.7. The Labute approximate surface area is 180 Å². The maximum absolute atomic E-state index is 13.1. The van der Waals surface area contributed by atoms with Gasteiger partial charge >= 0.3 is 0 Å². The molecule has 1 aliphatic heterocycles. The lowest BCUT2D eigenvalue weighted by Crippen LogP contribution is -2.50. The van der Waals surface area contributed by atoms with Gasteiger partial charge in [-0.2, -0.15) is 0 Å². The monoisotopic (exact) mass is 424 g/mol. The summed E-state index contributed by atoms with van der Waals surface area (Å²) >= 11 is 1.64. The number of imidazole rings is 1. The molecule has 158 valence electrons. The van der Waals surface area contributed by atoms with Gasteiger partial charge in [-0.25, -0.2) is 4.98 Å². The third-order valence-electron chi connectivity index (χ3n) is 7.06. The number of aliphatic hydroxyl groups is 1. The zero-order valence-electron chi connectivity index (χ0n) is 17.0. The molecule has 1 aromatic carbocycles. The zero-order chi connectivity index (χ0) is 20.7. The van der Waals surface area contributed by atoms with Crippen molar-refractivity contribution in [2.45, 2.75) is 49.7 Å². The quantitative estimate of drug-likeness (QED) is 0.677. The van der Waals surface area contributed by atoms with Crippen molar-refractivity contribution in [3.05, 3.63) is 59.4 Å². The van der Waals surface area contributed by atoms with Crippen molar-refractivity contribution < 1.29 is 9.90 Å². The highest BCUT2D eigenvalue weighted by molar-refractivity contribution is 7.15. The van der Waals surface area contributed by atoms with Gasteiger partial charge in [0.25, 0.3) is 0 Å². The van der Waals surface area contributed by atoms with Gasteiger partial charge in [0.05, 0.1) is 11.8 Å². The average Bonchev–Trinajstić information content (AvgIpc) is 3.39. The molecule has 0 spiro atoms. The van der Waals surface area contributed by atoms with E-state index < -0.39 is 6.10 Å². The van der Waals surface area contributed by atoms with Crippen LogP contribution in [0.15, 0.2) is 48.1 Å². The largest absolute Gasteiger partial charge is 0.391 e. The van der Waals surface area contributed by atoms with Crippen LogP contribution in [0, 0.1) is 5.92 Å². The molecule has 2 aliphatic rings. The minimum Gasteiger partial charge on any atom is -0.391 e. The van der Waals surface area contributed by atoms with Crippen molar-refractivity contribution in [1.82, 2.24) is 14.3 Å². The van der Waals surface area contributed by atoms with Crippen molar-refractivity contribution in [1.29, 1.82) is 0 Å². The van der Waals surface area contributed by atoms with Gasteiger partial charge in [0.15, 0.2) is 4.96 Å². The second-order valence-electron chi connectivity index (χ2n) is 8.73. The Kier molecular flexibility index (Phi) is 5.13. The summed E-state index contributed by atoms with van der Waals surface area (Å²) in [6, 6.07) is 10.4. The Balaban J connectivity index is 1.39. The fourth-order valence-corrected chi connectivity index (χ4v) is 5.87. The molecular formula is C23H28N4O2S. The molecule has 3 N–H and O–H groups in total. The number of nitrogens with two attached hydrogens (primary N) is 1. The Morgan fingerprint density at radius 1 is 1.20 bits per heavy atom. The number of hydrogen-bond acceptors (Lipinski definition) is 5. The highest BCUT2D eigenvalue weighted by Gasteiger charge is 2.42. The molecule has 1 aliphatic carbocycles. The number of thiazole rings is 1. The van der Waals surface area contributed by atoms with Crippen molar-refractivity contribution in [3.8, 4) is 0 Å². The first kappa shape index (κ1) is 19.7. The van der Waals surface area contributed by atoms with E-state index in [9.17, 15) is 9.90 Å². The van der Waals surface area contributed by atoms with Crippen LogP contribution in [0.1, 0.15) is 43.4 Å². The summed E-state index contributed by atoms with van der Waals surface area (Å²) in [7, 11) is 0. The van der Waals surface area contributed by atoms with Gasteiger partial charge in [0.2, 0.25) is 5.91 Å². The summed E-state index contributed by atoms with van der Waals surface area (Å²) in [6.07, 6.45) is 7.30. The van der Waals surface area contributed by atoms with Crippen molar-refractivity contribution in [2.75, 3.05) is 13.1 Å². The molecule has 3 heterocycles. The number of nitrogens with zero attached hydrogens (tertiary/aromatic N) is 3. The lowest BCUT2D eigenvalue weighted by molar-refractivity contribution is -0.139. The Morgan fingerprint density at radius 2 is 1.97 bits per heavy atom. The van der Waals surface area contributed by atoms with Gasteiger partial charge in [-0.05, 0) is 37.7 Å². The summed E-state index contributed by atoms with van der Waals surface area (Å²) < 4.78 is 2.09. The van der Waals surface area contributed by atoms with E-state index in [4.69, 9.17) is 10.7 Å². The number of carbonyl (C=O) groups is 1. The minimum absolute atomic E-state index is 0.109. The zero-order valence-corrected chi connectivity index (χ0v) is 17.8. The third-order valence-corrected chi connectivity index (χ3v) is 7.83. The number of piperidine rings is 1. The predicted molar refractivity (Wildman–Crippen MR) is 117 cm³/mol. The van der Waals surface area contributed by atoms with Crippen molar-refractivity contribution >= 4 is 22.2 Å². The molecule has 1 amide bonds. The van der Waals surface area contributed by atoms with Crippen LogP contribution in [-0.2, 0) is 10.2 Å². The SMILES string of the molecule is N[C@@H]1CC[C@H](C(=O)N2CCC(c3ccccc3)(c3cn4ccsc4n3)CC2)C[C@H]1O. The van der Waals surface area contributed by atoms with E-state index in [1.54, 1.807) is 11.3 Å². The Morgan fingerprint density at radius 3 is 2.67 bits per heavy atom. The Hall–Kier alpha value is -2.22. The fraction of sp³-hybridized carbons (Fsp3) is 0.478. The summed E-state index contributed by atoms with van der Waals surface area (Å²) in [5.74, 6) is 0.0652. The number of carbonyl (C=O) groups excluding carboxylic acids is 1. The third kappa shape index (κ3) is 3.35. The van der Waals surface area contributed by atoms with Crippen LogP contribution in [0.4, 0.5) is 0 Å². The summed E-state index contributed by atoms with van der Waals surface area (Å²) in [6.45, 7) is 1.41. The topological polar surface area (TPSA) is 83.9 Å². The van der Waals surface area contributed by atoms with Crippen LogP contribution in [-0.4, -0.2) is 50.5 Å². The van der Waals surface area contributed by atoms with E-state index >= 15 is 0 Å². The predicted octanol–water partition coefficient (Wildman–Crippen LogP) is 2.79. The van der Waals surface area contributed by atoms with E-state index in [2.05, 4.69) is 34.9 Å². The number of fused-ring (bicyclic) bond motifs is 1. The number of aromatic nitrogens is 2. The Bertz CT molecular complexity index is 994. The van der Waals surface area contributed by atoms with Crippen LogP contribution in [0.3, 0.4) is 0 Å². The number of hydrogen-bond donors (Lipinski definition) is 2. The van der Waals surface area contributed by atoms with Crippen LogP contribution in [0.5, 0.6) is 0 Å². The van der Waals surface area contributed by atoms with E-state index in [1.807, 2.05) is 22.5 Å². The molecule has 3 atom stereocenters. The first-order chi connectivity index (χ1) is 14.6. The molecule has 3 aromatic rings. The smallest absolute Gasteiger partial charge is 0.225 e. The second kappa shape index (κ2) is 7.80. The number of benzene rings is 1. The lowest BCUT2D eigenvalue weighted by Gasteiger charge is -2.43. The molecule has 30 heavy (non-hydrogen) atoms. The fourth-order valence-electron chi connectivity index (χ4n) is 5.17. The molecule has 1 saturated heterocycles. The first-order valence-corrected chi connectivity index (χ1v) is 11.7. The summed E-state index contributed by atoms with van der Waals surface area (Å²) in [4.78, 5) is 21.1. The van der Waals surface area contributed by atoms with Gasteiger partial charge < -0.3 is 15.7 Å². The van der Waals surface area contributed by atoms with E-state index in [0.717, 1.165) is 29.9 Å². The molecule has 2 fully saturated rings. The van der Waals surface area contributed by atoms with E-state index in [-0.39, 0.29) is 23.3 Å². The number of rotatable bonds is 3. The van der Waals surface area contributed by atoms with Crippen LogP contribution >= 0.6 is 11.3 Å². The van der Waals surface area contributed by atoms with Crippen molar-refractivity contribution in [2.24, 2.45) is 11.7 Å². The summed E-state index contributed by atoms with van der Waals surface area (Å²) in [5, 5.41) is 12.2. The molecule has 0 bridgehead atoms. The van der Waals surface area contributed by atoms with Gasteiger partial charge in [0.1, 0.15) is 0 Å². The maximum atomic E-state index is 13.1. The van der Waals surface area contributed by atoms with Gasteiger partial charge in [-0.3, -0.25) is 9.20 Å². The minimum atomic E-state index is -0.570. The van der Waals surface area contributed by atoms with E-state index in [0.29, 0.717) is 25.9 Å². The molecular weight excluding hydrogens is 396 g/mol. The second-order valence-corrected chi connectivity index (χ2v) is 9.61. The highest BCUT2D eigenvalue weighted by Crippen LogP contribution is 2.42. The molecule has 5 rings (SSSR count). The highest BCUT2D eigenvalue weighted by atomic mass is 32.1. The molecule has 0 radical (unpaired) electrons. The number of amides is 1. The van der Waals surface area contributed by atoms with Crippen LogP contribution < -0.4 is 5.73 Å². The first-order valence-electron chi connectivity index (χ1n) is 10.8. The number of aliphatic hydroxyl groups excluding tert-OH is 1. The van der Waals surface area contributed by atoms with Gasteiger partial charge in [-0.15, -0.1) is 11.3 Å². The van der Waals surface area contributed by atoms with Gasteiger partial charge in [-0.1, -0.05) is 30.3 Å². The lowest BCUT2D eigenvalue weighted by atomic mass is 9.70. The average molecular weight is 425 g/mol. The van der Waals surface area contributed by atoms with Gasteiger partial charge in [0, 0.05) is 48.2 Å². The molecule has 1 saturated carbocycles. The standard InChI is InChI=1S/C23H28N4O2S/c24-18-7-6-16(14-19(18)28)21(29)26-10-8-23(9-11-26,17-4-2-1-3-5-17)20-15-27-12-13-30-22(27)25-20/h1-5,12-13,15-16,18-19,28H,6-11,14,24H2/t16-,18+,19+/m0/s1. The molecule has 7 heteroatoms. The molecule has 0 unspecified atom stereocenters. The van der Waals surface area contributed by atoms with Crippen LogP contribution in [0.25, 0.3) is 4.96 Å². The maximum Gasteiger partial charge on any atom is 0.225 e. The van der Waals surface area contributed by atoms with E-state index in [1.165, 1.54) is 5.56 Å².